The van der Waals surface area contributed by atoms with Crippen LogP contribution in [-0.4, -0.2) is 10.1 Å². The first-order valence-corrected chi connectivity index (χ1v) is 5.52. The minimum absolute atomic E-state index is 0.0581. The number of aromatic nitrogens is 1. The summed E-state index contributed by atoms with van der Waals surface area (Å²) in [4.78, 5) is 4.13. The molecule has 2 aromatic rings. The van der Waals surface area contributed by atoms with Crippen molar-refractivity contribution in [3.8, 4) is 5.75 Å². The molecule has 3 nitrogen and oxygen atoms in total. The van der Waals surface area contributed by atoms with E-state index in [1.54, 1.807) is 6.20 Å². The molecule has 0 spiro atoms. The van der Waals surface area contributed by atoms with E-state index in [4.69, 9.17) is 4.74 Å². The van der Waals surface area contributed by atoms with Gasteiger partial charge in [-0.1, -0.05) is 30.3 Å². The van der Waals surface area contributed by atoms with Crippen LogP contribution in [0.25, 0.3) is 0 Å². The number of hydrogen-bond donors (Lipinski definition) is 1. The number of aliphatic hydroxyl groups is 1. The molecule has 0 saturated carbocycles. The molecule has 0 radical (unpaired) electrons. The van der Waals surface area contributed by atoms with Crippen molar-refractivity contribution in [3.05, 3.63) is 59.4 Å². The van der Waals surface area contributed by atoms with E-state index in [-0.39, 0.29) is 6.61 Å². The van der Waals surface area contributed by atoms with Crippen LogP contribution in [0.2, 0.25) is 0 Å². The van der Waals surface area contributed by atoms with Crippen LogP contribution in [0.3, 0.4) is 0 Å². The van der Waals surface area contributed by atoms with Gasteiger partial charge in [-0.15, -0.1) is 0 Å². The van der Waals surface area contributed by atoms with Gasteiger partial charge >= 0.3 is 0 Å². The number of rotatable bonds is 4. The smallest absolute Gasteiger partial charge is 0.128 e. The number of aryl methyl sites for hydroxylation is 1. The summed E-state index contributed by atoms with van der Waals surface area (Å²) < 4.78 is 5.69. The van der Waals surface area contributed by atoms with Crippen molar-refractivity contribution in [2.75, 3.05) is 0 Å². The van der Waals surface area contributed by atoms with Crippen molar-refractivity contribution in [1.82, 2.24) is 4.98 Å². The zero-order valence-electron chi connectivity index (χ0n) is 9.76. The van der Waals surface area contributed by atoms with E-state index in [2.05, 4.69) is 4.98 Å². The first kappa shape index (κ1) is 11.6. The predicted molar refractivity (Wildman–Crippen MR) is 65.7 cm³/mol. The third-order valence-corrected chi connectivity index (χ3v) is 2.49. The molecule has 0 amide bonds. The lowest BCUT2D eigenvalue weighted by atomic mass is 10.2. The van der Waals surface area contributed by atoms with E-state index in [1.165, 1.54) is 0 Å². The van der Waals surface area contributed by atoms with Crippen molar-refractivity contribution in [2.24, 2.45) is 0 Å². The topological polar surface area (TPSA) is 42.4 Å². The van der Waals surface area contributed by atoms with Gasteiger partial charge < -0.3 is 9.84 Å². The Hall–Kier alpha value is -1.87. The maximum atomic E-state index is 9.19. The van der Waals surface area contributed by atoms with Gasteiger partial charge in [0.05, 0.1) is 6.61 Å². The second-order valence-corrected chi connectivity index (χ2v) is 3.87. The molecule has 0 aliphatic rings. The largest absolute Gasteiger partial charge is 0.488 e. The summed E-state index contributed by atoms with van der Waals surface area (Å²) in [5, 5.41) is 9.19. The Bertz CT molecular complexity index is 483. The van der Waals surface area contributed by atoms with Crippen LogP contribution in [0.5, 0.6) is 5.75 Å². The van der Waals surface area contributed by atoms with E-state index >= 15 is 0 Å². The fourth-order valence-electron chi connectivity index (χ4n) is 1.55. The quantitative estimate of drug-likeness (QED) is 0.875. The lowest BCUT2D eigenvalue weighted by molar-refractivity contribution is 0.258. The van der Waals surface area contributed by atoms with Gasteiger partial charge in [0, 0.05) is 23.5 Å². The molecule has 2 rings (SSSR count). The summed E-state index contributed by atoms with van der Waals surface area (Å²) in [6.07, 6.45) is 1.65. The van der Waals surface area contributed by atoms with E-state index in [0.29, 0.717) is 17.9 Å². The average Bonchev–Trinajstić information content (AvgIpc) is 2.38. The summed E-state index contributed by atoms with van der Waals surface area (Å²) in [5.74, 6) is 0.698. The van der Waals surface area contributed by atoms with Crippen molar-refractivity contribution in [2.45, 2.75) is 20.1 Å². The van der Waals surface area contributed by atoms with E-state index in [1.807, 2.05) is 43.3 Å². The molecule has 1 aromatic carbocycles. The van der Waals surface area contributed by atoms with Gasteiger partial charge in [0.2, 0.25) is 0 Å². The Morgan fingerprint density at radius 2 is 2.00 bits per heavy atom. The van der Waals surface area contributed by atoms with Crippen LogP contribution in [0.15, 0.2) is 42.6 Å². The highest BCUT2D eigenvalue weighted by Gasteiger charge is 2.04. The van der Waals surface area contributed by atoms with Gasteiger partial charge in [0.25, 0.3) is 0 Å². The Kier molecular flexibility index (Phi) is 3.73. The van der Waals surface area contributed by atoms with Crippen molar-refractivity contribution >= 4 is 0 Å². The molecule has 0 atom stereocenters. The van der Waals surface area contributed by atoms with Crippen molar-refractivity contribution < 1.29 is 9.84 Å². The maximum Gasteiger partial charge on any atom is 0.128 e. The zero-order valence-corrected chi connectivity index (χ0v) is 9.76. The van der Waals surface area contributed by atoms with Gasteiger partial charge in [-0.05, 0) is 12.5 Å². The first-order chi connectivity index (χ1) is 8.29. The van der Waals surface area contributed by atoms with Crippen LogP contribution in [-0.2, 0) is 13.2 Å². The van der Waals surface area contributed by atoms with Gasteiger partial charge in [0.1, 0.15) is 12.4 Å². The Morgan fingerprint density at radius 1 is 1.24 bits per heavy atom. The third-order valence-electron chi connectivity index (χ3n) is 2.49. The number of ether oxygens (including phenoxy) is 1. The van der Waals surface area contributed by atoms with Gasteiger partial charge in [-0.25, -0.2) is 0 Å². The van der Waals surface area contributed by atoms with Crippen LogP contribution in [0, 0.1) is 6.92 Å². The standard InChI is InChI=1S/C14H15NO2/c1-11-7-14(13(9-16)8-15-11)17-10-12-5-3-2-4-6-12/h2-8,16H,9-10H2,1H3. The van der Waals surface area contributed by atoms with Gasteiger partial charge in [0.15, 0.2) is 0 Å². The number of nitrogens with zero attached hydrogens (tertiary/aromatic N) is 1. The number of benzene rings is 1. The van der Waals surface area contributed by atoms with Crippen LogP contribution < -0.4 is 4.74 Å². The fourth-order valence-corrected chi connectivity index (χ4v) is 1.55. The molecule has 0 unspecified atom stereocenters. The molecule has 0 bridgehead atoms. The maximum absolute atomic E-state index is 9.19. The molecule has 1 heterocycles. The van der Waals surface area contributed by atoms with Gasteiger partial charge in [-0.3, -0.25) is 4.98 Å². The molecule has 3 heteroatoms. The monoisotopic (exact) mass is 229 g/mol. The second kappa shape index (κ2) is 5.46. The first-order valence-electron chi connectivity index (χ1n) is 5.52. The normalized spacial score (nSPS) is 10.2. The molecular formula is C14H15NO2. The predicted octanol–water partition coefficient (Wildman–Crippen LogP) is 2.46. The second-order valence-electron chi connectivity index (χ2n) is 3.87. The van der Waals surface area contributed by atoms with Gasteiger partial charge in [-0.2, -0.15) is 0 Å². The molecule has 1 N–H and O–H groups in total. The summed E-state index contributed by atoms with van der Waals surface area (Å²) in [7, 11) is 0. The summed E-state index contributed by atoms with van der Waals surface area (Å²) in [5.41, 5.74) is 2.70. The fraction of sp³-hybridized carbons (Fsp3) is 0.214. The molecule has 17 heavy (non-hydrogen) atoms. The highest BCUT2D eigenvalue weighted by molar-refractivity contribution is 5.32. The van der Waals surface area contributed by atoms with E-state index in [9.17, 15) is 5.11 Å². The highest BCUT2D eigenvalue weighted by Crippen LogP contribution is 2.19. The molecule has 0 fully saturated rings. The number of pyridine rings is 1. The Morgan fingerprint density at radius 3 is 2.71 bits per heavy atom. The number of aliphatic hydroxyl groups excluding tert-OH is 1. The highest BCUT2D eigenvalue weighted by atomic mass is 16.5. The molecule has 0 aliphatic heterocycles. The zero-order chi connectivity index (χ0) is 12.1. The number of hydrogen-bond acceptors (Lipinski definition) is 3. The van der Waals surface area contributed by atoms with E-state index in [0.717, 1.165) is 11.3 Å². The Balaban J connectivity index is 2.11. The van der Waals surface area contributed by atoms with Crippen molar-refractivity contribution in [3.63, 3.8) is 0 Å². The van der Waals surface area contributed by atoms with E-state index < -0.39 is 0 Å². The third kappa shape index (κ3) is 3.04. The minimum Gasteiger partial charge on any atom is -0.488 e. The molecule has 0 aliphatic carbocycles. The van der Waals surface area contributed by atoms with Crippen LogP contribution in [0.4, 0.5) is 0 Å². The average molecular weight is 229 g/mol. The summed E-state index contributed by atoms with van der Waals surface area (Å²) in [6.45, 7) is 2.34. The lowest BCUT2D eigenvalue weighted by Crippen LogP contribution is -2.00. The molecule has 88 valence electrons. The minimum atomic E-state index is -0.0581. The van der Waals surface area contributed by atoms with Crippen molar-refractivity contribution in [1.29, 1.82) is 0 Å². The lowest BCUT2D eigenvalue weighted by Gasteiger charge is -2.10. The SMILES string of the molecule is Cc1cc(OCc2ccccc2)c(CO)cn1. The van der Waals surface area contributed by atoms with Crippen LogP contribution >= 0.6 is 0 Å². The molecule has 0 saturated heterocycles. The molecule has 1 aromatic heterocycles. The summed E-state index contributed by atoms with van der Waals surface area (Å²) in [6, 6.07) is 11.8. The molecular weight excluding hydrogens is 214 g/mol. The van der Waals surface area contributed by atoms with Crippen LogP contribution in [0.1, 0.15) is 16.8 Å². The summed E-state index contributed by atoms with van der Waals surface area (Å²) >= 11 is 0. The Labute approximate surface area is 101 Å².